The summed E-state index contributed by atoms with van der Waals surface area (Å²) in [5.74, 6) is 0.531. The summed E-state index contributed by atoms with van der Waals surface area (Å²) in [6, 6.07) is 85.9. The molecule has 0 aliphatic rings. The van der Waals surface area contributed by atoms with Crippen molar-refractivity contribution in [1.82, 2.24) is 23.7 Å². The van der Waals surface area contributed by atoms with Gasteiger partial charge in [-0.25, -0.2) is 14.8 Å². The third-order valence-electron chi connectivity index (χ3n) is 14.1. The fraction of sp³-hybridized carbons (Fsp3) is 0. The van der Waals surface area contributed by atoms with Gasteiger partial charge in [0.25, 0.3) is 0 Å². The van der Waals surface area contributed by atoms with Gasteiger partial charge in [-0.3, -0.25) is 0 Å². The summed E-state index contributed by atoms with van der Waals surface area (Å²) in [4.78, 5) is 13.8. The first kappa shape index (κ1) is 40.3. The molecule has 6 nitrogen and oxygen atoms in total. The predicted molar refractivity (Wildman–Crippen MR) is 293 cm³/mol. The molecule has 0 fully saturated rings. The van der Waals surface area contributed by atoms with Crippen molar-refractivity contribution in [3.05, 3.63) is 254 Å². The van der Waals surface area contributed by atoms with Gasteiger partial charge in [0.15, 0.2) is 5.69 Å². The molecular formula is C65H40N6. The standard InChI is InChI=1S/C65H40N6/c1-66-56-22-10-5-21-53(56)65-67-57(44-15-3-2-4-16-44)41-58(68-65)45-29-27-42(28-30-45)43-31-33-46(34-32-43)69-63-37-35-47(70-59-23-11-6-17-49(59)50-18-7-12-24-60(50)70)39-54(63)55-40-48(36-38-64(55)69)71-61-25-13-8-19-51(61)52-20-9-14-26-62(52)71/h2-41H. The lowest BCUT2D eigenvalue weighted by atomic mass is 10.0. The summed E-state index contributed by atoms with van der Waals surface area (Å²) in [5.41, 5.74) is 17.4. The van der Waals surface area contributed by atoms with Crippen LogP contribution >= 0.6 is 0 Å². The molecule has 4 aromatic heterocycles. The first-order valence-electron chi connectivity index (χ1n) is 23.8. The Hall–Kier alpha value is -9.83. The summed E-state index contributed by atoms with van der Waals surface area (Å²) in [6.45, 7) is 7.82. The molecule has 0 saturated heterocycles. The van der Waals surface area contributed by atoms with Crippen LogP contribution in [0, 0.1) is 6.57 Å². The lowest BCUT2D eigenvalue weighted by Crippen LogP contribution is -1.96. The van der Waals surface area contributed by atoms with Gasteiger partial charge in [-0.2, -0.15) is 0 Å². The topological polar surface area (TPSA) is 44.9 Å². The van der Waals surface area contributed by atoms with Crippen LogP contribution in [-0.4, -0.2) is 23.7 Å². The highest BCUT2D eigenvalue weighted by atomic mass is 15.0. The Bertz CT molecular complexity index is 4180. The lowest BCUT2D eigenvalue weighted by Gasteiger charge is -2.12. The van der Waals surface area contributed by atoms with Gasteiger partial charge in [0.05, 0.1) is 51.1 Å². The molecule has 4 heterocycles. The molecule has 0 spiro atoms. The van der Waals surface area contributed by atoms with E-state index in [1.54, 1.807) is 0 Å². The number of fused-ring (bicyclic) bond motifs is 9. The number of nitrogens with zero attached hydrogens (tertiary/aromatic N) is 6. The predicted octanol–water partition coefficient (Wildman–Crippen LogP) is 17.0. The van der Waals surface area contributed by atoms with Crippen LogP contribution in [0.25, 0.3) is 132 Å². The molecule has 0 radical (unpaired) electrons. The third-order valence-corrected chi connectivity index (χ3v) is 14.1. The maximum Gasteiger partial charge on any atom is 0.198 e. The third kappa shape index (κ3) is 6.49. The second-order valence-corrected chi connectivity index (χ2v) is 18.1. The minimum absolute atomic E-state index is 0.525. The average Bonchev–Trinajstić information content (AvgIpc) is 4.08. The van der Waals surface area contributed by atoms with Crippen molar-refractivity contribution in [1.29, 1.82) is 0 Å². The van der Waals surface area contributed by atoms with Gasteiger partial charge in [0, 0.05) is 66.1 Å². The molecule has 0 bridgehead atoms. The van der Waals surface area contributed by atoms with Crippen LogP contribution in [-0.2, 0) is 0 Å². The van der Waals surface area contributed by atoms with Gasteiger partial charge in [-0.05, 0) is 90.0 Å². The highest BCUT2D eigenvalue weighted by molar-refractivity contribution is 6.14. The van der Waals surface area contributed by atoms with E-state index in [0.29, 0.717) is 17.1 Å². The zero-order valence-electron chi connectivity index (χ0n) is 38.3. The maximum absolute atomic E-state index is 7.82. The lowest BCUT2D eigenvalue weighted by molar-refractivity contribution is 1.16. The van der Waals surface area contributed by atoms with E-state index in [-0.39, 0.29) is 0 Å². The smallest absolute Gasteiger partial charge is 0.198 e. The summed E-state index contributed by atoms with van der Waals surface area (Å²) in [6.07, 6.45) is 0. The Labute approximate surface area is 409 Å². The Morgan fingerprint density at radius 1 is 0.296 bits per heavy atom. The SMILES string of the molecule is [C-]#[N+]c1ccccc1-c1nc(-c2ccccc2)cc(-c2ccc(-c3ccc(-n4c5ccc(-n6c7ccccc7c7ccccc76)cc5c5cc(-n6c7ccccc7c7ccccc76)ccc54)cc3)cc2)n1. The molecule has 0 aliphatic heterocycles. The van der Waals surface area contributed by atoms with E-state index in [2.05, 4.69) is 213 Å². The van der Waals surface area contributed by atoms with Crippen molar-refractivity contribution in [2.75, 3.05) is 0 Å². The second-order valence-electron chi connectivity index (χ2n) is 18.1. The first-order valence-corrected chi connectivity index (χ1v) is 23.8. The Morgan fingerprint density at radius 2 is 0.662 bits per heavy atom. The summed E-state index contributed by atoms with van der Waals surface area (Å²) >= 11 is 0. The maximum atomic E-state index is 7.82. The van der Waals surface area contributed by atoms with Crippen LogP contribution in [0.4, 0.5) is 5.69 Å². The number of para-hydroxylation sites is 5. The van der Waals surface area contributed by atoms with Gasteiger partial charge in [0.1, 0.15) is 5.82 Å². The Balaban J connectivity index is 0.888. The fourth-order valence-electron chi connectivity index (χ4n) is 10.8. The van der Waals surface area contributed by atoms with Crippen LogP contribution in [0.3, 0.4) is 0 Å². The van der Waals surface area contributed by atoms with Crippen LogP contribution in [0.15, 0.2) is 243 Å². The highest BCUT2D eigenvalue weighted by Gasteiger charge is 2.20. The number of aromatic nitrogens is 5. The van der Waals surface area contributed by atoms with Gasteiger partial charge < -0.3 is 13.7 Å². The quantitative estimate of drug-likeness (QED) is 0.150. The van der Waals surface area contributed by atoms with Gasteiger partial charge in [-0.15, -0.1) is 0 Å². The van der Waals surface area contributed by atoms with E-state index in [1.807, 2.05) is 48.5 Å². The molecule has 71 heavy (non-hydrogen) atoms. The zero-order chi connectivity index (χ0) is 47.0. The average molecular weight is 905 g/mol. The van der Waals surface area contributed by atoms with E-state index in [0.717, 1.165) is 61.7 Å². The van der Waals surface area contributed by atoms with Gasteiger partial charge in [-0.1, -0.05) is 164 Å². The highest BCUT2D eigenvalue weighted by Crippen LogP contribution is 2.40. The van der Waals surface area contributed by atoms with Crippen molar-refractivity contribution in [2.24, 2.45) is 0 Å². The molecule has 0 saturated carbocycles. The van der Waals surface area contributed by atoms with E-state index >= 15 is 0 Å². The summed E-state index contributed by atoms with van der Waals surface area (Å²) in [7, 11) is 0. The van der Waals surface area contributed by atoms with E-state index in [4.69, 9.17) is 16.5 Å². The van der Waals surface area contributed by atoms with Gasteiger partial charge in [0.2, 0.25) is 0 Å². The van der Waals surface area contributed by atoms with Crippen molar-refractivity contribution >= 4 is 71.1 Å². The number of hydrogen-bond donors (Lipinski definition) is 0. The molecule has 0 unspecified atom stereocenters. The molecule has 14 rings (SSSR count). The van der Waals surface area contributed by atoms with Crippen molar-refractivity contribution < 1.29 is 0 Å². The Morgan fingerprint density at radius 3 is 1.15 bits per heavy atom. The first-order chi connectivity index (χ1) is 35.2. The monoisotopic (exact) mass is 904 g/mol. The Kier molecular flexibility index (Phi) is 9.16. The molecule has 14 aromatic rings. The zero-order valence-corrected chi connectivity index (χ0v) is 38.3. The normalized spacial score (nSPS) is 11.6. The van der Waals surface area contributed by atoms with E-state index < -0.39 is 0 Å². The largest absolute Gasteiger partial charge is 0.309 e. The molecular weight excluding hydrogens is 865 g/mol. The molecule has 6 heteroatoms. The number of rotatable bonds is 7. The van der Waals surface area contributed by atoms with Crippen molar-refractivity contribution in [3.8, 4) is 62.1 Å². The van der Waals surface area contributed by atoms with Crippen LogP contribution in [0.2, 0.25) is 0 Å². The second kappa shape index (κ2) is 16.2. The van der Waals surface area contributed by atoms with Gasteiger partial charge >= 0.3 is 0 Å². The molecule has 0 atom stereocenters. The van der Waals surface area contributed by atoms with Crippen LogP contribution in [0.5, 0.6) is 0 Å². The molecule has 0 aliphatic carbocycles. The number of hydrogen-bond acceptors (Lipinski definition) is 2. The minimum Gasteiger partial charge on any atom is -0.309 e. The van der Waals surface area contributed by atoms with E-state index in [9.17, 15) is 0 Å². The van der Waals surface area contributed by atoms with Crippen molar-refractivity contribution in [2.45, 2.75) is 0 Å². The van der Waals surface area contributed by atoms with Crippen LogP contribution in [0.1, 0.15) is 0 Å². The molecule has 0 N–H and O–H groups in total. The molecule has 10 aromatic carbocycles. The summed E-state index contributed by atoms with van der Waals surface area (Å²) < 4.78 is 7.22. The number of benzene rings is 10. The van der Waals surface area contributed by atoms with Crippen LogP contribution < -0.4 is 0 Å². The van der Waals surface area contributed by atoms with E-state index in [1.165, 1.54) is 54.4 Å². The molecule has 0 amide bonds. The summed E-state index contributed by atoms with van der Waals surface area (Å²) in [5, 5.41) is 7.34. The minimum atomic E-state index is 0.525. The van der Waals surface area contributed by atoms with Crippen molar-refractivity contribution in [3.63, 3.8) is 0 Å². The fourth-order valence-corrected chi connectivity index (χ4v) is 10.8. The molecule has 330 valence electrons.